The van der Waals surface area contributed by atoms with Crippen LogP contribution in [-0.2, 0) is 9.18 Å². The fraction of sp³-hybridized carbons (Fsp3) is 0.143. The van der Waals surface area contributed by atoms with Crippen LogP contribution in [0.3, 0.4) is 0 Å². The molecule has 0 nitrogen and oxygen atoms in total. The minimum absolute atomic E-state index is 0.633. The van der Waals surface area contributed by atoms with Crippen LogP contribution < -0.4 is 0 Å². The van der Waals surface area contributed by atoms with Gasteiger partial charge in [-0.1, -0.05) is 6.92 Å². The molecule has 1 rings (SSSR count). The molecule has 1 aromatic rings. The molecule has 0 radical (unpaired) electrons. The minimum atomic E-state index is -0.633. The van der Waals surface area contributed by atoms with E-state index in [2.05, 4.69) is 60.2 Å². The maximum absolute atomic E-state index is 3.03. The number of hydrogen-bond acceptors (Lipinski definition) is 0. The zero-order valence-corrected chi connectivity index (χ0v) is 14.9. The standard InChI is InChI=1S/C7H7.3HI.Zr/c1-7-5-3-2-4-6-7;;;;/h2-5H,1H3;3*1H;/q-1;;;;+3/p-3. The molecule has 0 bridgehead atoms. The van der Waals surface area contributed by atoms with Gasteiger partial charge in [0.2, 0.25) is 0 Å². The van der Waals surface area contributed by atoms with Gasteiger partial charge in [-0.3, -0.25) is 0 Å². The predicted molar refractivity (Wildman–Crippen MR) is 72.1 cm³/mol. The summed E-state index contributed by atoms with van der Waals surface area (Å²) in [4.78, 5) is 0. The SMILES string of the molecule is Cc1[c-]cccc1.[I][Zr]([I])[I]. The predicted octanol–water partition coefficient (Wildman–Crippen LogP) is 4.45. The van der Waals surface area contributed by atoms with Crippen molar-refractivity contribution in [3.8, 4) is 0 Å². The first-order chi connectivity index (χ1) is 5.13. The van der Waals surface area contributed by atoms with E-state index in [-0.39, 0.29) is 0 Å². The molecule has 0 unspecified atom stereocenters. The molecule has 0 aliphatic carbocycles. The molecule has 0 N–H and O–H groups in total. The molecular formula is C7H7I3Zr-. The van der Waals surface area contributed by atoms with Crippen LogP contribution in [0.2, 0.25) is 0 Å². The van der Waals surface area contributed by atoms with E-state index in [4.69, 9.17) is 0 Å². The first-order valence-electron chi connectivity index (χ1n) is 2.89. The number of benzene rings is 1. The zero-order chi connectivity index (χ0) is 8.69. The second-order valence-corrected chi connectivity index (χ2v) is 58.6. The van der Waals surface area contributed by atoms with Gasteiger partial charge in [-0.15, -0.1) is 0 Å². The van der Waals surface area contributed by atoms with E-state index in [1.54, 1.807) is 0 Å². The van der Waals surface area contributed by atoms with Crippen LogP contribution in [0.15, 0.2) is 24.3 Å². The van der Waals surface area contributed by atoms with Gasteiger partial charge in [0.15, 0.2) is 0 Å². The van der Waals surface area contributed by atoms with Crippen LogP contribution in [0.25, 0.3) is 0 Å². The third-order valence-electron chi connectivity index (χ3n) is 0.865. The van der Waals surface area contributed by atoms with Crippen molar-refractivity contribution in [2.24, 2.45) is 0 Å². The Balaban J connectivity index is 0.000000218. The molecule has 0 fully saturated rings. The van der Waals surface area contributed by atoms with Gasteiger partial charge in [0.1, 0.15) is 0 Å². The Kier molecular flexibility index (Phi) is 10.7. The molecule has 0 saturated carbocycles. The molecule has 0 aliphatic heterocycles. The van der Waals surface area contributed by atoms with Gasteiger partial charge in [-0.25, -0.2) is 0 Å². The molecule has 0 atom stereocenters. The van der Waals surface area contributed by atoms with Crippen molar-refractivity contribution in [3.63, 3.8) is 0 Å². The second-order valence-electron chi connectivity index (χ2n) is 1.76. The fourth-order valence-corrected chi connectivity index (χ4v) is 0.483. The van der Waals surface area contributed by atoms with Gasteiger partial charge in [0.05, 0.1) is 0 Å². The first kappa shape index (κ1) is 13.3. The van der Waals surface area contributed by atoms with Crippen LogP contribution >= 0.6 is 54.1 Å². The second kappa shape index (κ2) is 8.87. The number of hydrogen-bond donors (Lipinski definition) is 0. The Morgan fingerprint density at radius 1 is 1.27 bits per heavy atom. The van der Waals surface area contributed by atoms with Gasteiger partial charge < -0.3 is 0 Å². The molecule has 0 aromatic heterocycles. The summed E-state index contributed by atoms with van der Waals surface area (Å²) in [6, 6.07) is 10.9. The van der Waals surface area contributed by atoms with Crippen LogP contribution in [-0.4, -0.2) is 0 Å². The van der Waals surface area contributed by atoms with Crippen molar-refractivity contribution < 1.29 is 9.18 Å². The van der Waals surface area contributed by atoms with Crippen LogP contribution in [0, 0.1) is 13.0 Å². The summed E-state index contributed by atoms with van der Waals surface area (Å²) in [5.41, 5.74) is 1.20. The summed E-state index contributed by atoms with van der Waals surface area (Å²) < 4.78 is 0. The quantitative estimate of drug-likeness (QED) is 0.324. The summed E-state index contributed by atoms with van der Waals surface area (Å²) in [5, 5.41) is 0. The first-order valence-corrected chi connectivity index (χ1v) is 24.8. The number of rotatable bonds is 0. The van der Waals surface area contributed by atoms with Gasteiger partial charge in [0.25, 0.3) is 0 Å². The summed E-state index contributed by atoms with van der Waals surface area (Å²) in [6.07, 6.45) is 0. The molecule has 0 heterocycles. The van der Waals surface area contributed by atoms with Gasteiger partial charge >= 0.3 is 63.3 Å². The normalized spacial score (nSPS) is 8.00. The fourth-order valence-electron chi connectivity index (χ4n) is 0.483. The molecule has 61 valence electrons. The molecule has 0 amide bonds. The Bertz CT molecular complexity index is 174. The van der Waals surface area contributed by atoms with Crippen molar-refractivity contribution in [2.75, 3.05) is 0 Å². The Labute approximate surface area is 104 Å². The van der Waals surface area contributed by atoms with E-state index in [0.29, 0.717) is 0 Å². The van der Waals surface area contributed by atoms with E-state index in [9.17, 15) is 0 Å². The summed E-state index contributed by atoms with van der Waals surface area (Å²) in [5.74, 6) is 0. The van der Waals surface area contributed by atoms with Gasteiger partial charge in [-0.05, 0) is 0 Å². The Morgan fingerprint density at radius 2 is 1.82 bits per heavy atom. The van der Waals surface area contributed by atoms with Crippen molar-refractivity contribution in [1.82, 2.24) is 0 Å². The summed E-state index contributed by atoms with van der Waals surface area (Å²) in [7, 11) is -0.633. The number of aryl methyl sites for hydroxylation is 1. The maximum atomic E-state index is 3.03. The topological polar surface area (TPSA) is 0 Å². The number of halogens is 3. The van der Waals surface area contributed by atoms with E-state index >= 15 is 0 Å². The summed E-state index contributed by atoms with van der Waals surface area (Å²) >= 11 is 7.54. The molecular weight excluding hydrogens is 556 g/mol. The molecule has 11 heavy (non-hydrogen) atoms. The van der Waals surface area contributed by atoms with E-state index in [1.165, 1.54) is 5.56 Å². The average molecular weight is 563 g/mol. The molecule has 0 saturated heterocycles. The molecule has 0 aliphatic rings. The van der Waals surface area contributed by atoms with Crippen LogP contribution in [0.5, 0.6) is 0 Å². The van der Waals surface area contributed by atoms with Crippen molar-refractivity contribution in [1.29, 1.82) is 0 Å². The summed E-state index contributed by atoms with van der Waals surface area (Å²) in [6.45, 7) is 2.03. The van der Waals surface area contributed by atoms with Gasteiger partial charge in [-0.2, -0.15) is 35.9 Å². The van der Waals surface area contributed by atoms with E-state index in [1.807, 2.05) is 31.2 Å². The Morgan fingerprint density at radius 3 is 2.00 bits per heavy atom. The van der Waals surface area contributed by atoms with Crippen LogP contribution in [0.4, 0.5) is 0 Å². The molecule has 1 aromatic carbocycles. The van der Waals surface area contributed by atoms with Crippen molar-refractivity contribution in [3.05, 3.63) is 35.9 Å². The van der Waals surface area contributed by atoms with Crippen molar-refractivity contribution >= 4 is 54.1 Å². The molecule has 0 spiro atoms. The van der Waals surface area contributed by atoms with Gasteiger partial charge in [0, 0.05) is 0 Å². The third-order valence-corrected chi connectivity index (χ3v) is 0.865. The molecule has 4 heteroatoms. The zero-order valence-electron chi connectivity index (χ0n) is 5.94. The van der Waals surface area contributed by atoms with E-state index < -0.39 is 9.18 Å². The average Bonchev–Trinajstić information content (AvgIpc) is 1.87. The third kappa shape index (κ3) is 12.3. The monoisotopic (exact) mass is 562 g/mol. The van der Waals surface area contributed by atoms with Crippen LogP contribution in [0.1, 0.15) is 5.56 Å². The Hall–Kier alpha value is 2.29. The van der Waals surface area contributed by atoms with Crippen molar-refractivity contribution in [2.45, 2.75) is 6.92 Å². The van der Waals surface area contributed by atoms with E-state index in [0.717, 1.165) is 0 Å².